The van der Waals surface area contributed by atoms with E-state index >= 15 is 0 Å². The highest BCUT2D eigenvalue weighted by molar-refractivity contribution is 7.93. The average molecular weight is 291 g/mol. The fraction of sp³-hybridized carbons (Fsp3) is 0.143. The molecule has 0 spiro atoms. The van der Waals surface area contributed by atoms with Crippen LogP contribution in [0.25, 0.3) is 0 Å². The molecule has 0 bridgehead atoms. The third-order valence-corrected chi connectivity index (χ3v) is 4.60. The number of anilines is 4. The maximum Gasteiger partial charge on any atom is 0.239 e. The van der Waals surface area contributed by atoms with Crippen molar-refractivity contribution in [2.45, 2.75) is 6.92 Å². The number of nitrogens with zero attached hydrogens (tertiary/aromatic N) is 1. The van der Waals surface area contributed by atoms with Crippen LogP contribution in [0.2, 0.25) is 0 Å². The maximum absolute atomic E-state index is 12.4. The Morgan fingerprint density at radius 2 is 1.70 bits per heavy atom. The molecule has 4 N–H and O–H groups in total. The summed E-state index contributed by atoms with van der Waals surface area (Å²) in [5, 5.41) is 0. The van der Waals surface area contributed by atoms with Crippen molar-refractivity contribution in [3.05, 3.63) is 48.5 Å². The molecule has 0 heterocycles. The first-order valence-electron chi connectivity index (χ1n) is 6.18. The Bertz CT molecular complexity index is 700. The molecule has 0 amide bonds. The van der Waals surface area contributed by atoms with Crippen LogP contribution >= 0.6 is 0 Å². The van der Waals surface area contributed by atoms with Crippen molar-refractivity contribution in [2.24, 2.45) is 0 Å². The summed E-state index contributed by atoms with van der Waals surface area (Å²) >= 11 is 0. The first kappa shape index (κ1) is 14.2. The lowest BCUT2D eigenvalue weighted by molar-refractivity contribution is 0.597. The minimum absolute atomic E-state index is 0.0221. The van der Waals surface area contributed by atoms with E-state index in [1.807, 2.05) is 6.07 Å². The fourth-order valence-corrected chi connectivity index (χ4v) is 3.07. The highest BCUT2D eigenvalue weighted by atomic mass is 32.2. The fourth-order valence-electron chi connectivity index (χ4n) is 1.90. The molecule has 2 aromatic rings. The average Bonchev–Trinajstić information content (AvgIpc) is 2.43. The first-order chi connectivity index (χ1) is 9.45. The van der Waals surface area contributed by atoms with Crippen LogP contribution in [0.5, 0.6) is 0 Å². The van der Waals surface area contributed by atoms with Crippen LogP contribution in [0.15, 0.2) is 48.5 Å². The largest absolute Gasteiger partial charge is 0.399 e. The molecule has 106 valence electrons. The zero-order valence-electron chi connectivity index (χ0n) is 11.2. The molecule has 0 saturated carbocycles. The second-order valence-corrected chi connectivity index (χ2v) is 6.43. The van der Waals surface area contributed by atoms with Crippen molar-refractivity contribution in [3.8, 4) is 0 Å². The van der Waals surface area contributed by atoms with E-state index in [0.717, 1.165) is 0 Å². The van der Waals surface area contributed by atoms with Crippen molar-refractivity contribution < 1.29 is 8.42 Å². The van der Waals surface area contributed by atoms with Gasteiger partial charge in [-0.25, -0.2) is 12.7 Å². The summed E-state index contributed by atoms with van der Waals surface area (Å²) in [6.07, 6.45) is 0. The molecular weight excluding hydrogens is 274 g/mol. The van der Waals surface area contributed by atoms with Gasteiger partial charge in [0.05, 0.1) is 22.8 Å². The number of nitrogens with two attached hydrogens (primary N) is 2. The standard InChI is InChI=1S/C14H17N3O2S/c1-2-20(18,19)17(12-6-4-3-5-7-12)14-9-8-11(15)10-13(14)16/h3-10H,2,15-16H2,1H3. The molecule has 6 heteroatoms. The lowest BCUT2D eigenvalue weighted by Crippen LogP contribution is -2.28. The van der Waals surface area contributed by atoms with Gasteiger partial charge in [0.25, 0.3) is 0 Å². The molecule has 0 unspecified atom stereocenters. The molecule has 0 fully saturated rings. The van der Waals surface area contributed by atoms with Crippen LogP contribution < -0.4 is 15.8 Å². The second kappa shape index (κ2) is 5.42. The van der Waals surface area contributed by atoms with Crippen LogP contribution in [0.1, 0.15) is 6.92 Å². The Kier molecular flexibility index (Phi) is 3.85. The van der Waals surface area contributed by atoms with E-state index in [-0.39, 0.29) is 5.75 Å². The van der Waals surface area contributed by atoms with E-state index in [0.29, 0.717) is 22.7 Å². The molecule has 0 aliphatic carbocycles. The molecule has 0 radical (unpaired) electrons. The van der Waals surface area contributed by atoms with E-state index in [2.05, 4.69) is 0 Å². The molecular formula is C14H17N3O2S. The van der Waals surface area contributed by atoms with Crippen molar-refractivity contribution in [1.82, 2.24) is 0 Å². The number of benzene rings is 2. The van der Waals surface area contributed by atoms with Crippen LogP contribution in [-0.2, 0) is 10.0 Å². The Morgan fingerprint density at radius 1 is 1.05 bits per heavy atom. The van der Waals surface area contributed by atoms with Gasteiger partial charge in [0.15, 0.2) is 0 Å². The highest BCUT2D eigenvalue weighted by Gasteiger charge is 2.24. The lowest BCUT2D eigenvalue weighted by Gasteiger charge is -2.25. The van der Waals surface area contributed by atoms with E-state index in [9.17, 15) is 8.42 Å². The van der Waals surface area contributed by atoms with Crippen LogP contribution in [0.3, 0.4) is 0 Å². The molecule has 5 nitrogen and oxygen atoms in total. The Labute approximate surface area is 118 Å². The van der Waals surface area contributed by atoms with Gasteiger partial charge in [-0.1, -0.05) is 18.2 Å². The minimum atomic E-state index is -3.49. The van der Waals surface area contributed by atoms with E-state index in [1.54, 1.807) is 49.4 Å². The maximum atomic E-state index is 12.4. The zero-order chi connectivity index (χ0) is 14.8. The quantitative estimate of drug-likeness (QED) is 0.846. The van der Waals surface area contributed by atoms with Crippen molar-refractivity contribution in [3.63, 3.8) is 0 Å². The summed E-state index contributed by atoms with van der Waals surface area (Å²) in [6.45, 7) is 1.60. The first-order valence-corrected chi connectivity index (χ1v) is 7.79. The summed E-state index contributed by atoms with van der Waals surface area (Å²) in [4.78, 5) is 0. The summed E-state index contributed by atoms with van der Waals surface area (Å²) in [5.41, 5.74) is 13.4. The molecule has 0 aromatic heterocycles. The topological polar surface area (TPSA) is 89.4 Å². The molecule has 2 rings (SSSR count). The molecule has 0 aliphatic rings. The van der Waals surface area contributed by atoms with Gasteiger partial charge in [0.1, 0.15) is 0 Å². The second-order valence-electron chi connectivity index (χ2n) is 4.32. The molecule has 20 heavy (non-hydrogen) atoms. The van der Waals surface area contributed by atoms with Gasteiger partial charge in [-0.15, -0.1) is 0 Å². The van der Waals surface area contributed by atoms with E-state index in [4.69, 9.17) is 11.5 Å². The number of para-hydroxylation sites is 1. The Hall–Kier alpha value is -2.21. The van der Waals surface area contributed by atoms with Gasteiger partial charge in [-0.2, -0.15) is 0 Å². The van der Waals surface area contributed by atoms with Gasteiger partial charge in [0.2, 0.25) is 10.0 Å². The van der Waals surface area contributed by atoms with Gasteiger partial charge in [-0.3, -0.25) is 0 Å². The van der Waals surface area contributed by atoms with Gasteiger partial charge < -0.3 is 11.5 Å². The van der Waals surface area contributed by atoms with E-state index in [1.165, 1.54) is 4.31 Å². The number of hydrogen-bond donors (Lipinski definition) is 2. The normalized spacial score (nSPS) is 11.2. The summed E-state index contributed by atoms with van der Waals surface area (Å²) in [6, 6.07) is 13.6. The van der Waals surface area contributed by atoms with Gasteiger partial charge in [0, 0.05) is 5.69 Å². The van der Waals surface area contributed by atoms with Gasteiger partial charge in [-0.05, 0) is 37.3 Å². The molecule has 2 aromatic carbocycles. The minimum Gasteiger partial charge on any atom is -0.399 e. The van der Waals surface area contributed by atoms with E-state index < -0.39 is 10.0 Å². The van der Waals surface area contributed by atoms with Crippen molar-refractivity contribution in [2.75, 3.05) is 21.5 Å². The predicted molar refractivity (Wildman–Crippen MR) is 83.3 cm³/mol. The smallest absolute Gasteiger partial charge is 0.239 e. The SMILES string of the molecule is CCS(=O)(=O)N(c1ccccc1)c1ccc(N)cc1N. The van der Waals surface area contributed by atoms with Crippen LogP contribution in [0, 0.1) is 0 Å². The molecule has 0 saturated heterocycles. The number of nitrogen functional groups attached to an aromatic ring is 2. The summed E-state index contributed by atoms with van der Waals surface area (Å²) in [5.74, 6) is -0.0221. The third kappa shape index (κ3) is 2.70. The molecule has 0 atom stereocenters. The Morgan fingerprint density at radius 3 is 2.25 bits per heavy atom. The molecule has 0 aliphatic heterocycles. The van der Waals surface area contributed by atoms with Gasteiger partial charge >= 0.3 is 0 Å². The summed E-state index contributed by atoms with van der Waals surface area (Å²) in [7, 11) is -3.49. The lowest BCUT2D eigenvalue weighted by atomic mass is 10.2. The van der Waals surface area contributed by atoms with Crippen molar-refractivity contribution in [1.29, 1.82) is 0 Å². The third-order valence-electron chi connectivity index (χ3n) is 2.90. The zero-order valence-corrected chi connectivity index (χ0v) is 12.0. The number of sulfonamides is 1. The Balaban J connectivity index is 2.65. The monoisotopic (exact) mass is 291 g/mol. The number of hydrogen-bond acceptors (Lipinski definition) is 4. The predicted octanol–water partition coefficient (Wildman–Crippen LogP) is 2.34. The summed E-state index contributed by atoms with van der Waals surface area (Å²) < 4.78 is 26.0. The van der Waals surface area contributed by atoms with Crippen LogP contribution in [0.4, 0.5) is 22.7 Å². The highest BCUT2D eigenvalue weighted by Crippen LogP contribution is 2.34. The van der Waals surface area contributed by atoms with Crippen molar-refractivity contribution >= 4 is 32.8 Å². The van der Waals surface area contributed by atoms with Crippen LogP contribution in [-0.4, -0.2) is 14.2 Å². The number of rotatable bonds is 4.